The number of hydrogen-bond donors (Lipinski definition) is 1. The second-order valence-corrected chi connectivity index (χ2v) is 10.3. The van der Waals surface area contributed by atoms with E-state index in [9.17, 15) is 19.5 Å². The van der Waals surface area contributed by atoms with Gasteiger partial charge in [-0.2, -0.15) is 0 Å². The Bertz CT molecular complexity index is 834. The zero-order valence-corrected chi connectivity index (χ0v) is 20.3. The van der Waals surface area contributed by atoms with E-state index in [1.807, 2.05) is 27.7 Å². The van der Waals surface area contributed by atoms with E-state index in [0.717, 1.165) is 0 Å². The summed E-state index contributed by atoms with van der Waals surface area (Å²) < 4.78 is 23.5. The van der Waals surface area contributed by atoms with E-state index in [0.29, 0.717) is 12.0 Å². The lowest BCUT2D eigenvalue weighted by Gasteiger charge is -2.46. The molecule has 0 bridgehead atoms. The van der Waals surface area contributed by atoms with Crippen LogP contribution >= 0.6 is 0 Å². The number of aliphatic hydroxyl groups is 1. The molecule has 1 N–H and O–H groups in total. The molecular weight excluding hydrogens is 416 g/mol. The van der Waals surface area contributed by atoms with Crippen molar-refractivity contribution in [3.63, 3.8) is 0 Å². The summed E-state index contributed by atoms with van der Waals surface area (Å²) >= 11 is 0. The van der Waals surface area contributed by atoms with Crippen molar-refractivity contribution in [3.8, 4) is 0 Å². The van der Waals surface area contributed by atoms with Crippen molar-refractivity contribution in [2.24, 2.45) is 17.3 Å². The molecular formula is C24H36O8. The summed E-state index contributed by atoms with van der Waals surface area (Å²) in [6.07, 6.45) is -0.577. The lowest BCUT2D eigenvalue weighted by Crippen LogP contribution is -2.56. The number of ether oxygens (including phenoxy) is 4. The minimum Gasteiger partial charge on any atom is -0.462 e. The van der Waals surface area contributed by atoms with E-state index in [2.05, 4.69) is 0 Å². The molecule has 0 spiro atoms. The Labute approximate surface area is 189 Å². The second-order valence-electron chi connectivity index (χ2n) is 10.3. The van der Waals surface area contributed by atoms with Crippen LogP contribution in [0.3, 0.4) is 0 Å². The Morgan fingerprint density at radius 3 is 2.12 bits per heavy atom. The van der Waals surface area contributed by atoms with Crippen molar-refractivity contribution >= 4 is 17.9 Å². The van der Waals surface area contributed by atoms with Crippen LogP contribution in [0.15, 0.2) is 11.6 Å². The molecule has 0 aromatic carbocycles. The molecule has 3 fully saturated rings. The molecule has 2 saturated carbocycles. The Kier molecular flexibility index (Phi) is 6.28. The highest BCUT2D eigenvalue weighted by Crippen LogP contribution is 2.65. The van der Waals surface area contributed by atoms with Crippen LogP contribution in [-0.2, 0) is 33.3 Å². The van der Waals surface area contributed by atoms with Gasteiger partial charge in [0.1, 0.15) is 24.4 Å². The van der Waals surface area contributed by atoms with Gasteiger partial charge in [-0.25, -0.2) is 4.79 Å². The van der Waals surface area contributed by atoms with E-state index in [4.69, 9.17) is 18.9 Å². The lowest BCUT2D eigenvalue weighted by atomic mass is 9.66. The summed E-state index contributed by atoms with van der Waals surface area (Å²) in [5, 5.41) is 12.0. The van der Waals surface area contributed by atoms with Gasteiger partial charge >= 0.3 is 17.9 Å². The molecule has 0 amide bonds. The molecule has 0 radical (unpaired) electrons. The van der Waals surface area contributed by atoms with Gasteiger partial charge in [-0.3, -0.25) is 9.59 Å². The van der Waals surface area contributed by atoms with Crippen LogP contribution in [0.25, 0.3) is 0 Å². The van der Waals surface area contributed by atoms with Crippen LogP contribution in [-0.4, -0.2) is 58.6 Å². The molecule has 3 rings (SSSR count). The minimum absolute atomic E-state index is 0.142. The molecule has 1 saturated heterocycles. The van der Waals surface area contributed by atoms with Gasteiger partial charge in [0, 0.05) is 38.2 Å². The number of rotatable bonds is 5. The van der Waals surface area contributed by atoms with Crippen LogP contribution in [0.5, 0.6) is 0 Å². The van der Waals surface area contributed by atoms with Crippen LogP contribution in [0.1, 0.15) is 68.2 Å². The summed E-state index contributed by atoms with van der Waals surface area (Å²) in [4.78, 5) is 36.9. The monoisotopic (exact) mass is 452 g/mol. The quantitative estimate of drug-likeness (QED) is 0.293. The number of carbonyl (C=O) groups is 3. The molecule has 0 aromatic rings. The van der Waals surface area contributed by atoms with Crippen LogP contribution < -0.4 is 0 Å². The molecule has 2 aliphatic carbocycles. The third-order valence-electron chi connectivity index (χ3n) is 7.84. The summed E-state index contributed by atoms with van der Waals surface area (Å²) in [7, 11) is 0. The van der Waals surface area contributed by atoms with Gasteiger partial charge < -0.3 is 24.1 Å². The maximum atomic E-state index is 12.8. The average molecular weight is 453 g/mol. The predicted octanol–water partition coefficient (Wildman–Crippen LogP) is 2.70. The molecule has 8 heteroatoms. The highest BCUT2D eigenvalue weighted by atomic mass is 16.7. The molecule has 180 valence electrons. The van der Waals surface area contributed by atoms with Gasteiger partial charge in [0.05, 0.1) is 16.6 Å². The maximum absolute atomic E-state index is 12.8. The van der Waals surface area contributed by atoms with Gasteiger partial charge in [-0.05, 0) is 26.7 Å². The average Bonchev–Trinajstić information content (AvgIpc) is 3.27. The van der Waals surface area contributed by atoms with Crippen molar-refractivity contribution in [2.45, 2.75) is 104 Å². The van der Waals surface area contributed by atoms with Crippen molar-refractivity contribution in [1.29, 1.82) is 0 Å². The van der Waals surface area contributed by atoms with Gasteiger partial charge in [0.15, 0.2) is 0 Å². The van der Waals surface area contributed by atoms with Gasteiger partial charge in [-0.15, -0.1) is 0 Å². The van der Waals surface area contributed by atoms with Crippen LogP contribution in [0, 0.1) is 17.3 Å². The fraction of sp³-hybridized carbons (Fsp3) is 0.792. The molecule has 0 aromatic heterocycles. The molecule has 8 unspecified atom stereocenters. The number of esters is 3. The second kappa shape index (κ2) is 8.13. The van der Waals surface area contributed by atoms with Crippen LogP contribution in [0.2, 0.25) is 0 Å². The fourth-order valence-corrected chi connectivity index (χ4v) is 5.90. The van der Waals surface area contributed by atoms with E-state index >= 15 is 0 Å². The van der Waals surface area contributed by atoms with Gasteiger partial charge in [0.2, 0.25) is 0 Å². The number of carbonyl (C=O) groups excluding carboxylic acids is 3. The fourth-order valence-electron chi connectivity index (χ4n) is 5.90. The molecule has 3 aliphatic rings. The Morgan fingerprint density at radius 1 is 1.03 bits per heavy atom. The molecule has 8 atom stereocenters. The Morgan fingerprint density at radius 2 is 1.62 bits per heavy atom. The van der Waals surface area contributed by atoms with E-state index in [1.165, 1.54) is 13.8 Å². The maximum Gasteiger partial charge on any atom is 0.333 e. The van der Waals surface area contributed by atoms with E-state index in [-0.39, 0.29) is 12.3 Å². The van der Waals surface area contributed by atoms with E-state index < -0.39 is 64.9 Å². The smallest absolute Gasteiger partial charge is 0.333 e. The zero-order valence-electron chi connectivity index (χ0n) is 20.3. The number of hydrogen-bond acceptors (Lipinski definition) is 8. The van der Waals surface area contributed by atoms with Gasteiger partial charge in [0.25, 0.3) is 0 Å². The summed E-state index contributed by atoms with van der Waals surface area (Å²) in [5.41, 5.74) is -2.60. The third kappa shape index (κ3) is 3.85. The lowest BCUT2D eigenvalue weighted by molar-refractivity contribution is -0.191. The summed E-state index contributed by atoms with van der Waals surface area (Å²) in [6, 6.07) is 0. The Hall–Kier alpha value is -1.93. The first-order chi connectivity index (χ1) is 14.7. The summed E-state index contributed by atoms with van der Waals surface area (Å²) in [6.45, 7) is 13.6. The number of fused-ring (bicyclic) bond motifs is 2. The van der Waals surface area contributed by atoms with Crippen molar-refractivity contribution in [1.82, 2.24) is 0 Å². The number of epoxide rings is 1. The predicted molar refractivity (Wildman–Crippen MR) is 114 cm³/mol. The highest BCUT2D eigenvalue weighted by molar-refractivity contribution is 5.87. The zero-order chi connectivity index (χ0) is 24.2. The Balaban J connectivity index is 2.19. The summed E-state index contributed by atoms with van der Waals surface area (Å²) in [5.74, 6) is -2.35. The standard InChI is InChI=1S/C24H36O8/c1-9-13(4)21(27)31-16-10-22(7)19(32-22)20(30-15(6)26)23(8)17(29-14(5)25)11-24(28,12(2)3)18(16)23/h9,12,16-20,28H,10-11H2,1-8H3/b13-9+. The first-order valence-electron chi connectivity index (χ1n) is 11.3. The van der Waals surface area contributed by atoms with Crippen LogP contribution in [0.4, 0.5) is 0 Å². The molecule has 8 nitrogen and oxygen atoms in total. The van der Waals surface area contributed by atoms with Crippen molar-refractivity contribution < 1.29 is 38.4 Å². The van der Waals surface area contributed by atoms with E-state index in [1.54, 1.807) is 19.9 Å². The largest absolute Gasteiger partial charge is 0.462 e. The molecule has 32 heavy (non-hydrogen) atoms. The van der Waals surface area contributed by atoms with Crippen molar-refractivity contribution in [2.75, 3.05) is 0 Å². The van der Waals surface area contributed by atoms with Gasteiger partial charge in [-0.1, -0.05) is 26.8 Å². The molecule has 1 heterocycles. The first-order valence-corrected chi connectivity index (χ1v) is 11.3. The minimum atomic E-state index is -1.32. The highest BCUT2D eigenvalue weighted by Gasteiger charge is 2.77. The first kappa shape index (κ1) is 24.7. The van der Waals surface area contributed by atoms with Crippen molar-refractivity contribution in [3.05, 3.63) is 11.6 Å². The third-order valence-corrected chi connectivity index (χ3v) is 7.84. The molecule has 1 aliphatic heterocycles. The SMILES string of the molecule is C/C=C(\C)C(=O)OC1CC2(C)OC2C(OC(C)=O)C2(C)C(OC(C)=O)CC(O)(C(C)C)C12. The normalized spacial score (nSPS) is 43.1. The topological polar surface area (TPSA) is 112 Å². The number of allylic oxidation sites excluding steroid dienone is 1.